The highest BCUT2D eigenvalue weighted by atomic mass is 35.5. The van der Waals surface area contributed by atoms with E-state index in [4.69, 9.17) is 27.9 Å². The van der Waals surface area contributed by atoms with Crippen molar-refractivity contribution in [2.45, 2.75) is 32.1 Å². The molecule has 0 saturated heterocycles. The number of aryl methyl sites for hydroxylation is 1. The molecule has 2 aromatic rings. The molecule has 0 aliphatic carbocycles. The Balaban J connectivity index is 1.51. The van der Waals surface area contributed by atoms with Gasteiger partial charge in [-0.3, -0.25) is 4.79 Å². The molecule has 0 atom stereocenters. The molecule has 0 spiro atoms. The number of hydrogen-bond donors (Lipinski definition) is 1. The van der Waals surface area contributed by atoms with E-state index in [0.29, 0.717) is 35.2 Å². The lowest BCUT2D eigenvalue weighted by Crippen LogP contribution is -2.24. The van der Waals surface area contributed by atoms with Crippen molar-refractivity contribution < 1.29 is 9.53 Å². The summed E-state index contributed by atoms with van der Waals surface area (Å²) in [6.45, 7) is 1.16. The Morgan fingerprint density at radius 3 is 2.56 bits per heavy atom. The van der Waals surface area contributed by atoms with Crippen molar-refractivity contribution in [3.05, 3.63) is 64.1 Å². The maximum atomic E-state index is 11.8. The number of nitrogens with one attached hydrogen (secondary N) is 1. The molecule has 5 heteroatoms. The van der Waals surface area contributed by atoms with Gasteiger partial charge in [0.2, 0.25) is 5.91 Å². The third-order valence-corrected chi connectivity index (χ3v) is 4.29. The van der Waals surface area contributed by atoms with Gasteiger partial charge in [0.05, 0.1) is 11.6 Å². The van der Waals surface area contributed by atoms with Crippen LogP contribution in [0.15, 0.2) is 48.5 Å². The maximum Gasteiger partial charge on any atom is 0.220 e. The largest absolute Gasteiger partial charge is 0.492 e. The van der Waals surface area contributed by atoms with Crippen molar-refractivity contribution in [3.8, 4) is 5.75 Å². The summed E-state index contributed by atoms with van der Waals surface area (Å²) >= 11 is 11.9. The van der Waals surface area contributed by atoms with Gasteiger partial charge in [-0.2, -0.15) is 0 Å². The zero-order valence-electron chi connectivity index (χ0n) is 14.1. The SMILES string of the molecule is O=C(CCCOc1ccc(Cl)cc1Cl)NCCCCc1ccccc1. The molecule has 1 amide bonds. The molecule has 0 radical (unpaired) electrons. The van der Waals surface area contributed by atoms with Crippen LogP contribution in [0.2, 0.25) is 10.0 Å². The van der Waals surface area contributed by atoms with Gasteiger partial charge in [0.25, 0.3) is 0 Å². The molecule has 2 rings (SSSR count). The Hall–Kier alpha value is -1.71. The molecule has 2 aromatic carbocycles. The average Bonchev–Trinajstić information content (AvgIpc) is 2.61. The van der Waals surface area contributed by atoms with Gasteiger partial charge < -0.3 is 10.1 Å². The summed E-state index contributed by atoms with van der Waals surface area (Å²) in [6, 6.07) is 15.5. The van der Waals surface area contributed by atoms with Crippen LogP contribution < -0.4 is 10.1 Å². The van der Waals surface area contributed by atoms with Crippen LogP contribution >= 0.6 is 23.2 Å². The first kappa shape index (κ1) is 19.6. The highest BCUT2D eigenvalue weighted by Gasteiger charge is 2.04. The van der Waals surface area contributed by atoms with Gasteiger partial charge in [-0.1, -0.05) is 53.5 Å². The molecular weight excluding hydrogens is 357 g/mol. The molecule has 0 aliphatic rings. The van der Waals surface area contributed by atoms with Crippen molar-refractivity contribution in [1.29, 1.82) is 0 Å². The summed E-state index contributed by atoms with van der Waals surface area (Å²) in [6.07, 6.45) is 4.20. The topological polar surface area (TPSA) is 38.3 Å². The average molecular weight is 380 g/mol. The van der Waals surface area contributed by atoms with E-state index in [1.165, 1.54) is 5.56 Å². The molecule has 134 valence electrons. The van der Waals surface area contributed by atoms with E-state index >= 15 is 0 Å². The van der Waals surface area contributed by atoms with Crippen LogP contribution in [0.1, 0.15) is 31.2 Å². The lowest BCUT2D eigenvalue weighted by molar-refractivity contribution is -0.121. The van der Waals surface area contributed by atoms with E-state index in [0.717, 1.165) is 25.8 Å². The standard InChI is InChI=1S/C20H23Cl2NO2/c21-17-11-12-19(18(22)15-17)25-14-6-10-20(24)23-13-5-4-9-16-7-2-1-3-8-16/h1-3,7-8,11-12,15H,4-6,9-10,13-14H2,(H,23,24). The number of unbranched alkanes of at least 4 members (excludes halogenated alkanes) is 1. The molecule has 25 heavy (non-hydrogen) atoms. The van der Waals surface area contributed by atoms with Crippen molar-refractivity contribution in [1.82, 2.24) is 5.32 Å². The molecule has 0 aromatic heterocycles. The summed E-state index contributed by atoms with van der Waals surface area (Å²) in [4.78, 5) is 11.8. The van der Waals surface area contributed by atoms with E-state index in [-0.39, 0.29) is 5.91 Å². The van der Waals surface area contributed by atoms with E-state index in [1.807, 2.05) is 6.07 Å². The zero-order valence-corrected chi connectivity index (χ0v) is 15.7. The molecule has 1 N–H and O–H groups in total. The monoisotopic (exact) mass is 379 g/mol. The molecule has 0 fully saturated rings. The second kappa shape index (κ2) is 11.0. The third-order valence-electron chi connectivity index (χ3n) is 3.76. The Labute approximate surface area is 159 Å². The van der Waals surface area contributed by atoms with E-state index in [2.05, 4.69) is 29.6 Å². The lowest BCUT2D eigenvalue weighted by Gasteiger charge is -2.08. The molecule has 0 bridgehead atoms. The van der Waals surface area contributed by atoms with Crippen LogP contribution in [0.5, 0.6) is 5.75 Å². The summed E-state index contributed by atoms with van der Waals surface area (Å²) in [7, 11) is 0. The van der Waals surface area contributed by atoms with Crippen molar-refractivity contribution >= 4 is 29.1 Å². The minimum absolute atomic E-state index is 0.0607. The Morgan fingerprint density at radius 2 is 1.80 bits per heavy atom. The van der Waals surface area contributed by atoms with Gasteiger partial charge in [0, 0.05) is 18.0 Å². The van der Waals surface area contributed by atoms with Gasteiger partial charge in [0.15, 0.2) is 0 Å². The number of carbonyl (C=O) groups excluding carboxylic acids is 1. The molecule has 0 heterocycles. The molecular formula is C20H23Cl2NO2. The van der Waals surface area contributed by atoms with Gasteiger partial charge in [-0.25, -0.2) is 0 Å². The van der Waals surface area contributed by atoms with Gasteiger partial charge >= 0.3 is 0 Å². The second-order valence-corrected chi connectivity index (χ2v) is 6.66. The first-order valence-electron chi connectivity index (χ1n) is 8.53. The third kappa shape index (κ3) is 7.80. The smallest absolute Gasteiger partial charge is 0.220 e. The normalized spacial score (nSPS) is 10.5. The Morgan fingerprint density at radius 1 is 1.00 bits per heavy atom. The van der Waals surface area contributed by atoms with E-state index < -0.39 is 0 Å². The van der Waals surface area contributed by atoms with Crippen LogP contribution in [0.4, 0.5) is 0 Å². The molecule has 3 nitrogen and oxygen atoms in total. The summed E-state index contributed by atoms with van der Waals surface area (Å²) in [5.74, 6) is 0.651. The highest BCUT2D eigenvalue weighted by Crippen LogP contribution is 2.27. The number of hydrogen-bond acceptors (Lipinski definition) is 2. The quantitative estimate of drug-likeness (QED) is 0.569. The van der Waals surface area contributed by atoms with E-state index in [9.17, 15) is 4.79 Å². The van der Waals surface area contributed by atoms with E-state index in [1.54, 1.807) is 18.2 Å². The van der Waals surface area contributed by atoms with Crippen molar-refractivity contribution in [2.75, 3.05) is 13.2 Å². The highest BCUT2D eigenvalue weighted by molar-refractivity contribution is 6.35. The second-order valence-electron chi connectivity index (χ2n) is 5.82. The number of carbonyl (C=O) groups is 1. The summed E-state index contributed by atoms with van der Waals surface area (Å²) in [5.41, 5.74) is 1.34. The minimum Gasteiger partial charge on any atom is -0.492 e. The van der Waals surface area contributed by atoms with Crippen LogP contribution in [0.3, 0.4) is 0 Å². The predicted octanol–water partition coefficient (Wildman–Crippen LogP) is 5.29. The van der Waals surface area contributed by atoms with Gasteiger partial charge in [-0.05, 0) is 49.4 Å². The van der Waals surface area contributed by atoms with Crippen molar-refractivity contribution in [3.63, 3.8) is 0 Å². The summed E-state index contributed by atoms with van der Waals surface area (Å²) < 4.78 is 5.56. The first-order chi connectivity index (χ1) is 12.1. The maximum absolute atomic E-state index is 11.8. The Kier molecular flexibility index (Phi) is 8.64. The van der Waals surface area contributed by atoms with Crippen LogP contribution in [0.25, 0.3) is 0 Å². The fraction of sp³-hybridized carbons (Fsp3) is 0.350. The number of halogens is 2. The molecule has 0 aliphatic heterocycles. The number of ether oxygens (including phenoxy) is 1. The summed E-state index contributed by atoms with van der Waals surface area (Å²) in [5, 5.41) is 4.00. The molecule has 0 saturated carbocycles. The van der Waals surface area contributed by atoms with Gasteiger partial charge in [0.1, 0.15) is 5.75 Å². The fourth-order valence-electron chi connectivity index (χ4n) is 2.42. The van der Waals surface area contributed by atoms with Gasteiger partial charge in [-0.15, -0.1) is 0 Å². The number of benzene rings is 2. The van der Waals surface area contributed by atoms with Crippen molar-refractivity contribution in [2.24, 2.45) is 0 Å². The number of rotatable bonds is 10. The minimum atomic E-state index is 0.0607. The zero-order chi connectivity index (χ0) is 17.9. The lowest BCUT2D eigenvalue weighted by atomic mass is 10.1. The van der Waals surface area contributed by atoms with Crippen LogP contribution in [0, 0.1) is 0 Å². The van der Waals surface area contributed by atoms with Crippen LogP contribution in [-0.2, 0) is 11.2 Å². The van der Waals surface area contributed by atoms with Crippen LogP contribution in [-0.4, -0.2) is 19.1 Å². The number of amides is 1. The fourth-order valence-corrected chi connectivity index (χ4v) is 2.89. The predicted molar refractivity (Wildman–Crippen MR) is 104 cm³/mol. The first-order valence-corrected chi connectivity index (χ1v) is 9.29. The molecule has 0 unspecified atom stereocenters. The Bertz CT molecular complexity index is 662.